The molecule has 0 aliphatic carbocycles. The van der Waals surface area contributed by atoms with Crippen LogP contribution in [0.3, 0.4) is 0 Å². The molecular weight excluding hydrogens is 184 g/mol. The smallest absolute Gasteiger partial charge is 0.150 e. The predicted molar refractivity (Wildman–Crippen MR) is 51.3 cm³/mol. The van der Waals surface area contributed by atoms with Crippen molar-refractivity contribution in [3.8, 4) is 0 Å². The minimum Gasteiger partial charge on any atom is -0.298 e. The molecule has 2 nitrogen and oxygen atoms in total. The van der Waals surface area contributed by atoms with Gasteiger partial charge in [0.25, 0.3) is 0 Å². The molecule has 0 fully saturated rings. The summed E-state index contributed by atoms with van der Waals surface area (Å²) in [5.41, 5.74) is 1.64. The average molecular weight is 192 g/mol. The van der Waals surface area contributed by atoms with Gasteiger partial charge in [-0.1, -0.05) is 6.07 Å². The van der Waals surface area contributed by atoms with E-state index in [-0.39, 0.29) is 5.78 Å². The number of hydrogen-bond donors (Lipinski definition) is 0. The molecule has 0 atom stereocenters. The average Bonchev–Trinajstić information content (AvgIpc) is 2.16. The number of fused-ring (bicyclic) bond motifs is 1. The summed E-state index contributed by atoms with van der Waals surface area (Å²) in [7, 11) is 0. The zero-order valence-corrected chi connectivity index (χ0v) is 7.76. The lowest BCUT2D eigenvalue weighted by molar-refractivity contribution is -0.116. The topological polar surface area (TPSA) is 34.1 Å². The van der Waals surface area contributed by atoms with Crippen molar-refractivity contribution in [1.82, 2.24) is 0 Å². The molecule has 1 aromatic rings. The minimum atomic E-state index is 0.237. The number of ketones is 1. The largest absolute Gasteiger partial charge is 0.298 e. The summed E-state index contributed by atoms with van der Waals surface area (Å²) >= 11 is 1.55. The summed E-state index contributed by atoms with van der Waals surface area (Å²) < 4.78 is 0. The second kappa shape index (κ2) is 3.34. The minimum absolute atomic E-state index is 0.237. The first-order valence-corrected chi connectivity index (χ1v) is 5.01. The maximum Gasteiger partial charge on any atom is 0.150 e. The van der Waals surface area contributed by atoms with E-state index in [1.54, 1.807) is 23.9 Å². The molecule has 13 heavy (non-hydrogen) atoms. The second-order valence-electron chi connectivity index (χ2n) is 2.99. The Morgan fingerprint density at radius 3 is 3.00 bits per heavy atom. The van der Waals surface area contributed by atoms with Crippen LogP contribution in [-0.4, -0.2) is 17.8 Å². The third kappa shape index (κ3) is 1.65. The number of carbonyl (C=O) groups excluding carboxylic acids is 2. The summed E-state index contributed by atoms with van der Waals surface area (Å²) in [6.45, 7) is 0. The predicted octanol–water partition coefficient (Wildman–Crippen LogP) is 1.72. The number of thioether (sulfide) groups is 1. The van der Waals surface area contributed by atoms with Gasteiger partial charge in [0.2, 0.25) is 0 Å². The van der Waals surface area contributed by atoms with Gasteiger partial charge in [0.1, 0.15) is 12.1 Å². The molecule has 0 saturated heterocycles. The Balaban J connectivity index is 2.43. The standard InChI is InChI=1S/C10H8O2S/c11-5-7-1-2-10-8(3-7)4-9(12)6-13-10/h1-3,5H,4,6H2. The van der Waals surface area contributed by atoms with E-state index in [1.165, 1.54) is 0 Å². The van der Waals surface area contributed by atoms with E-state index in [0.29, 0.717) is 17.7 Å². The van der Waals surface area contributed by atoms with Crippen molar-refractivity contribution in [3.05, 3.63) is 29.3 Å². The molecule has 0 radical (unpaired) electrons. The molecule has 0 unspecified atom stereocenters. The van der Waals surface area contributed by atoms with Crippen molar-refractivity contribution in [3.63, 3.8) is 0 Å². The molecule has 3 heteroatoms. The van der Waals surface area contributed by atoms with Gasteiger partial charge in [-0.25, -0.2) is 0 Å². The quantitative estimate of drug-likeness (QED) is 0.635. The first kappa shape index (κ1) is 8.51. The molecule has 1 aliphatic rings. The highest BCUT2D eigenvalue weighted by atomic mass is 32.2. The van der Waals surface area contributed by atoms with Crippen LogP contribution >= 0.6 is 11.8 Å². The summed E-state index contributed by atoms with van der Waals surface area (Å²) in [4.78, 5) is 22.7. The molecular formula is C10H8O2S. The molecule has 2 rings (SSSR count). The first-order valence-electron chi connectivity index (χ1n) is 4.02. The Kier molecular flexibility index (Phi) is 2.19. The van der Waals surface area contributed by atoms with Crippen molar-refractivity contribution in [2.75, 3.05) is 5.75 Å². The number of Topliss-reactive ketones (excluding diaryl/α,β-unsaturated/α-hetero) is 1. The highest BCUT2D eigenvalue weighted by Crippen LogP contribution is 2.28. The Labute approximate surface area is 80.3 Å². The molecule has 0 aromatic heterocycles. The van der Waals surface area contributed by atoms with Crippen LogP contribution in [-0.2, 0) is 11.2 Å². The SMILES string of the molecule is O=Cc1ccc2c(c1)CC(=O)CS2. The summed E-state index contributed by atoms with van der Waals surface area (Å²) in [5.74, 6) is 0.800. The zero-order valence-electron chi connectivity index (χ0n) is 6.95. The van der Waals surface area contributed by atoms with E-state index in [2.05, 4.69) is 0 Å². The second-order valence-corrected chi connectivity index (χ2v) is 4.01. The molecule has 1 heterocycles. The lowest BCUT2D eigenvalue weighted by atomic mass is 10.1. The van der Waals surface area contributed by atoms with Gasteiger partial charge in [-0.3, -0.25) is 9.59 Å². The van der Waals surface area contributed by atoms with Gasteiger partial charge < -0.3 is 0 Å². The maximum atomic E-state index is 11.1. The van der Waals surface area contributed by atoms with E-state index in [9.17, 15) is 9.59 Å². The van der Waals surface area contributed by atoms with Crippen molar-refractivity contribution >= 4 is 23.8 Å². The molecule has 1 aromatic carbocycles. The fourth-order valence-electron chi connectivity index (χ4n) is 1.37. The highest BCUT2D eigenvalue weighted by Gasteiger charge is 2.15. The molecule has 0 spiro atoms. The van der Waals surface area contributed by atoms with E-state index in [0.717, 1.165) is 16.7 Å². The maximum absolute atomic E-state index is 11.1. The van der Waals surface area contributed by atoms with Crippen molar-refractivity contribution in [2.45, 2.75) is 11.3 Å². The summed E-state index contributed by atoms with van der Waals surface area (Å²) in [5, 5.41) is 0. The van der Waals surface area contributed by atoms with Crippen molar-refractivity contribution in [1.29, 1.82) is 0 Å². The van der Waals surface area contributed by atoms with Crippen molar-refractivity contribution in [2.24, 2.45) is 0 Å². The van der Waals surface area contributed by atoms with Crippen molar-refractivity contribution < 1.29 is 9.59 Å². The van der Waals surface area contributed by atoms with Crippen LogP contribution in [0.4, 0.5) is 0 Å². The highest BCUT2D eigenvalue weighted by molar-refractivity contribution is 8.00. The van der Waals surface area contributed by atoms with E-state index >= 15 is 0 Å². The number of hydrogen-bond acceptors (Lipinski definition) is 3. The molecule has 1 aliphatic heterocycles. The van der Waals surface area contributed by atoms with E-state index in [1.807, 2.05) is 6.07 Å². The number of rotatable bonds is 1. The Bertz CT molecular complexity index is 371. The number of benzene rings is 1. The third-order valence-corrected chi connectivity index (χ3v) is 3.17. The molecule has 0 saturated carbocycles. The molecule has 0 bridgehead atoms. The van der Waals surface area contributed by atoms with Crippen LogP contribution in [0.2, 0.25) is 0 Å². The van der Waals surface area contributed by atoms with Gasteiger partial charge in [-0.05, 0) is 17.7 Å². The van der Waals surface area contributed by atoms with Gasteiger partial charge in [0, 0.05) is 16.9 Å². The zero-order chi connectivity index (χ0) is 9.26. The van der Waals surface area contributed by atoms with Gasteiger partial charge >= 0.3 is 0 Å². The van der Waals surface area contributed by atoms with Crippen LogP contribution < -0.4 is 0 Å². The normalized spacial score (nSPS) is 15.2. The fraction of sp³-hybridized carbons (Fsp3) is 0.200. The third-order valence-electron chi connectivity index (χ3n) is 2.00. The Morgan fingerprint density at radius 1 is 1.38 bits per heavy atom. The Hall–Kier alpha value is -1.09. The Morgan fingerprint density at radius 2 is 2.23 bits per heavy atom. The summed E-state index contributed by atoms with van der Waals surface area (Å²) in [6.07, 6.45) is 1.29. The lowest BCUT2D eigenvalue weighted by Crippen LogP contribution is -2.11. The summed E-state index contributed by atoms with van der Waals surface area (Å²) in [6, 6.07) is 5.50. The molecule has 0 amide bonds. The van der Waals surface area contributed by atoms with E-state index < -0.39 is 0 Å². The van der Waals surface area contributed by atoms with Crippen LogP contribution in [0.1, 0.15) is 15.9 Å². The van der Waals surface area contributed by atoms with Gasteiger partial charge in [-0.15, -0.1) is 11.8 Å². The monoisotopic (exact) mass is 192 g/mol. The molecule has 0 N–H and O–H groups in total. The van der Waals surface area contributed by atoms with Crippen LogP contribution in [0.15, 0.2) is 23.1 Å². The van der Waals surface area contributed by atoms with Crippen LogP contribution in [0.5, 0.6) is 0 Å². The van der Waals surface area contributed by atoms with Crippen LogP contribution in [0.25, 0.3) is 0 Å². The van der Waals surface area contributed by atoms with Gasteiger partial charge in [-0.2, -0.15) is 0 Å². The molecule has 66 valence electrons. The number of aldehydes is 1. The number of carbonyl (C=O) groups is 2. The fourth-order valence-corrected chi connectivity index (χ4v) is 2.27. The first-order chi connectivity index (χ1) is 6.29. The van der Waals surface area contributed by atoms with Gasteiger partial charge in [0.15, 0.2) is 0 Å². The lowest BCUT2D eigenvalue weighted by Gasteiger charge is -2.13. The van der Waals surface area contributed by atoms with Gasteiger partial charge in [0.05, 0.1) is 5.75 Å². The van der Waals surface area contributed by atoms with Crippen LogP contribution in [0, 0.1) is 0 Å². The van der Waals surface area contributed by atoms with E-state index in [4.69, 9.17) is 0 Å².